The normalized spacial score (nSPS) is 16.6. The van der Waals surface area contributed by atoms with Gasteiger partial charge >= 0.3 is 0 Å². The average molecular weight is 346 g/mol. The molecule has 0 saturated heterocycles. The van der Waals surface area contributed by atoms with Crippen molar-refractivity contribution < 1.29 is 4.79 Å². The fourth-order valence-electron chi connectivity index (χ4n) is 2.85. The minimum absolute atomic E-state index is 0.0290. The van der Waals surface area contributed by atoms with Gasteiger partial charge in [0.05, 0.1) is 10.4 Å². The molecular formula is C14H20ClN3OS2. The third kappa shape index (κ3) is 3.03. The Kier molecular flexibility index (Phi) is 5.11. The summed E-state index contributed by atoms with van der Waals surface area (Å²) >= 11 is 13.1. The van der Waals surface area contributed by atoms with Crippen LogP contribution in [-0.4, -0.2) is 30.1 Å². The van der Waals surface area contributed by atoms with E-state index < -0.39 is 5.41 Å². The summed E-state index contributed by atoms with van der Waals surface area (Å²) in [7, 11) is 3.43. The summed E-state index contributed by atoms with van der Waals surface area (Å²) < 4.78 is 0. The van der Waals surface area contributed by atoms with Gasteiger partial charge in [-0.3, -0.25) is 15.2 Å². The van der Waals surface area contributed by atoms with Crippen LogP contribution in [-0.2, 0) is 10.2 Å². The number of hydrazine groups is 1. The second-order valence-electron chi connectivity index (χ2n) is 5.41. The van der Waals surface area contributed by atoms with E-state index in [1.165, 1.54) is 5.01 Å². The van der Waals surface area contributed by atoms with Crippen molar-refractivity contribution in [2.75, 3.05) is 14.1 Å². The summed E-state index contributed by atoms with van der Waals surface area (Å²) in [6.07, 6.45) is 3.76. The van der Waals surface area contributed by atoms with E-state index in [9.17, 15) is 4.79 Å². The smallest absolute Gasteiger partial charge is 0.252 e. The van der Waals surface area contributed by atoms with Crippen LogP contribution >= 0.6 is 35.2 Å². The van der Waals surface area contributed by atoms with E-state index >= 15 is 0 Å². The van der Waals surface area contributed by atoms with E-state index in [0.717, 1.165) is 41.1 Å². The first kappa shape index (κ1) is 16.5. The predicted molar refractivity (Wildman–Crippen MR) is 91.8 cm³/mol. The quantitative estimate of drug-likeness (QED) is 0.639. The highest BCUT2D eigenvalue weighted by Crippen LogP contribution is 2.48. The lowest BCUT2D eigenvalue weighted by Crippen LogP contribution is -2.53. The van der Waals surface area contributed by atoms with E-state index in [1.54, 1.807) is 25.4 Å². The summed E-state index contributed by atoms with van der Waals surface area (Å²) in [5, 5.41) is 7.48. The number of thiocarbonyl (C=S) groups is 1. The number of likely N-dealkylation sites (N-methyl/N-ethyl adjacent to an activating group) is 1. The van der Waals surface area contributed by atoms with Gasteiger partial charge in [0.1, 0.15) is 0 Å². The number of hydrogen-bond donors (Lipinski definition) is 2. The highest BCUT2D eigenvalue weighted by Gasteiger charge is 2.47. The van der Waals surface area contributed by atoms with Crippen molar-refractivity contribution in [2.45, 2.75) is 38.0 Å². The molecule has 7 heteroatoms. The van der Waals surface area contributed by atoms with Gasteiger partial charge in [0.25, 0.3) is 5.91 Å². The molecule has 0 radical (unpaired) electrons. The third-order valence-corrected chi connectivity index (χ3v) is 6.20. The average Bonchev–Trinajstić information content (AvgIpc) is 3.07. The van der Waals surface area contributed by atoms with Crippen molar-refractivity contribution in [3.63, 3.8) is 0 Å². The Bertz CT molecular complexity index is 552. The van der Waals surface area contributed by atoms with Crippen LogP contribution in [0.25, 0.3) is 0 Å². The van der Waals surface area contributed by atoms with Crippen LogP contribution in [0.5, 0.6) is 0 Å². The maximum atomic E-state index is 13.0. The number of amides is 1. The Balaban J connectivity index is 2.32. The second kappa shape index (κ2) is 6.50. The largest absolute Gasteiger partial charge is 0.364 e. The Morgan fingerprint density at radius 2 is 2.10 bits per heavy atom. The van der Waals surface area contributed by atoms with Crippen molar-refractivity contribution in [1.82, 2.24) is 15.8 Å². The van der Waals surface area contributed by atoms with Crippen LogP contribution in [0.3, 0.4) is 0 Å². The maximum absolute atomic E-state index is 13.0. The van der Waals surface area contributed by atoms with Gasteiger partial charge in [0.2, 0.25) is 0 Å². The minimum atomic E-state index is -0.513. The molecule has 1 fully saturated rings. The molecular weight excluding hydrogens is 326 g/mol. The molecule has 1 aliphatic rings. The van der Waals surface area contributed by atoms with Crippen LogP contribution in [0.15, 0.2) is 5.38 Å². The van der Waals surface area contributed by atoms with Gasteiger partial charge in [-0.05, 0) is 42.9 Å². The van der Waals surface area contributed by atoms with Gasteiger partial charge in [0, 0.05) is 19.0 Å². The molecule has 21 heavy (non-hydrogen) atoms. The summed E-state index contributed by atoms with van der Waals surface area (Å²) in [6.45, 7) is 1.98. The third-order valence-electron chi connectivity index (χ3n) is 4.00. The zero-order valence-corrected chi connectivity index (χ0v) is 14.8. The number of hydrogen-bond acceptors (Lipinski definition) is 3. The molecule has 1 aliphatic carbocycles. The lowest BCUT2D eigenvalue weighted by Gasteiger charge is -2.32. The molecule has 2 rings (SSSR count). The number of rotatable bonds is 2. The second-order valence-corrected chi connectivity index (χ2v) is 7.07. The van der Waals surface area contributed by atoms with Gasteiger partial charge < -0.3 is 5.32 Å². The van der Waals surface area contributed by atoms with Crippen molar-refractivity contribution in [1.29, 1.82) is 0 Å². The highest BCUT2D eigenvalue weighted by molar-refractivity contribution is 7.80. The molecule has 0 unspecified atom stereocenters. The Morgan fingerprint density at radius 1 is 1.48 bits per heavy atom. The minimum Gasteiger partial charge on any atom is -0.364 e. The molecule has 4 nitrogen and oxygen atoms in total. The van der Waals surface area contributed by atoms with Crippen LogP contribution in [0, 0.1) is 6.92 Å². The zero-order chi connectivity index (χ0) is 15.6. The van der Waals surface area contributed by atoms with Crippen LogP contribution in [0.2, 0.25) is 5.02 Å². The number of nitrogens with one attached hydrogen (secondary N) is 2. The highest BCUT2D eigenvalue weighted by atomic mass is 35.5. The maximum Gasteiger partial charge on any atom is 0.252 e. The first-order valence-electron chi connectivity index (χ1n) is 6.93. The SMILES string of the molecule is CNC(=S)NN(C)C(=O)C1(c2scc(C)c2Cl)CCCC1. The number of halogens is 1. The Hall–Kier alpha value is -0.850. The van der Waals surface area contributed by atoms with Crippen LogP contribution in [0.1, 0.15) is 36.1 Å². The first-order chi connectivity index (χ1) is 9.92. The summed E-state index contributed by atoms with van der Waals surface area (Å²) in [6, 6.07) is 0. The van der Waals surface area contributed by atoms with E-state index in [0.29, 0.717) is 5.11 Å². The Morgan fingerprint density at radius 3 is 2.57 bits per heavy atom. The molecule has 2 N–H and O–H groups in total. The fraction of sp³-hybridized carbons (Fsp3) is 0.571. The van der Waals surface area contributed by atoms with Gasteiger partial charge in [-0.1, -0.05) is 24.4 Å². The summed E-state index contributed by atoms with van der Waals surface area (Å²) in [5.74, 6) is 0.0290. The first-order valence-corrected chi connectivity index (χ1v) is 8.59. The Labute approximate surface area is 139 Å². The zero-order valence-electron chi connectivity index (χ0n) is 12.5. The number of carbonyl (C=O) groups excluding carboxylic acids is 1. The lowest BCUT2D eigenvalue weighted by atomic mass is 9.83. The van der Waals surface area contributed by atoms with Crippen LogP contribution in [0.4, 0.5) is 0 Å². The molecule has 0 spiro atoms. The van der Waals surface area contributed by atoms with E-state index in [-0.39, 0.29) is 5.91 Å². The number of carbonyl (C=O) groups is 1. The summed E-state index contributed by atoms with van der Waals surface area (Å²) in [5.41, 5.74) is 3.42. The molecule has 0 bridgehead atoms. The number of thiophene rings is 1. The molecule has 1 aromatic rings. The number of aryl methyl sites for hydroxylation is 1. The molecule has 1 heterocycles. The molecule has 0 atom stereocenters. The van der Waals surface area contributed by atoms with Gasteiger partial charge in [-0.15, -0.1) is 11.3 Å². The molecule has 1 aromatic heterocycles. The van der Waals surface area contributed by atoms with E-state index in [1.807, 2.05) is 12.3 Å². The lowest BCUT2D eigenvalue weighted by molar-refractivity contribution is -0.137. The van der Waals surface area contributed by atoms with Crippen molar-refractivity contribution in [3.05, 3.63) is 20.8 Å². The molecule has 1 saturated carbocycles. The van der Waals surface area contributed by atoms with Gasteiger partial charge in [-0.25, -0.2) is 0 Å². The van der Waals surface area contributed by atoms with Gasteiger partial charge in [0.15, 0.2) is 5.11 Å². The van der Waals surface area contributed by atoms with E-state index in [4.69, 9.17) is 23.8 Å². The molecule has 0 aliphatic heterocycles. The summed E-state index contributed by atoms with van der Waals surface area (Å²) in [4.78, 5) is 14.0. The monoisotopic (exact) mass is 345 g/mol. The predicted octanol–water partition coefficient (Wildman–Crippen LogP) is 2.99. The topological polar surface area (TPSA) is 44.4 Å². The molecule has 116 valence electrons. The fourth-order valence-corrected chi connectivity index (χ4v) is 4.61. The van der Waals surface area contributed by atoms with E-state index in [2.05, 4.69) is 10.7 Å². The van der Waals surface area contributed by atoms with Crippen molar-refractivity contribution in [2.24, 2.45) is 0 Å². The molecule has 1 amide bonds. The van der Waals surface area contributed by atoms with Crippen LogP contribution < -0.4 is 10.7 Å². The van der Waals surface area contributed by atoms with Crippen molar-refractivity contribution in [3.8, 4) is 0 Å². The van der Waals surface area contributed by atoms with Gasteiger partial charge in [-0.2, -0.15) is 0 Å². The number of nitrogens with zero attached hydrogens (tertiary/aromatic N) is 1. The standard InChI is InChI=1S/C14H20ClN3OS2/c1-9-8-21-11(10(9)15)14(6-4-5-7-14)12(19)18(3)17-13(20)16-2/h8H,4-7H2,1-3H3,(H2,16,17,20). The molecule has 0 aromatic carbocycles. The van der Waals surface area contributed by atoms with Crippen molar-refractivity contribution >= 4 is 46.2 Å².